The molecule has 1 fully saturated rings. The Kier molecular flexibility index (Phi) is 3.30. The summed E-state index contributed by atoms with van der Waals surface area (Å²) < 4.78 is 6.94. The van der Waals surface area contributed by atoms with Gasteiger partial charge in [-0.15, -0.1) is 11.3 Å². The summed E-state index contributed by atoms with van der Waals surface area (Å²) in [5.74, 6) is 0.846. The molecular formula is C18H20N4O2S. The predicted molar refractivity (Wildman–Crippen MR) is 98.3 cm³/mol. The first-order valence-corrected chi connectivity index (χ1v) is 9.54. The number of thiophene rings is 1. The van der Waals surface area contributed by atoms with Gasteiger partial charge < -0.3 is 9.72 Å². The molecule has 130 valence electrons. The van der Waals surface area contributed by atoms with Gasteiger partial charge >= 0.3 is 0 Å². The molecule has 5 heterocycles. The number of aromatic nitrogens is 3. The fourth-order valence-electron chi connectivity index (χ4n) is 3.85. The van der Waals surface area contributed by atoms with Gasteiger partial charge in [-0.25, -0.2) is 0 Å². The van der Waals surface area contributed by atoms with Gasteiger partial charge in [0.25, 0.3) is 5.56 Å². The fourth-order valence-corrected chi connectivity index (χ4v) is 4.98. The quantitative estimate of drug-likeness (QED) is 0.757. The van der Waals surface area contributed by atoms with E-state index in [0.717, 1.165) is 51.5 Å². The lowest BCUT2D eigenvalue weighted by Gasteiger charge is -2.39. The molecule has 0 amide bonds. The average Bonchev–Trinajstić information content (AvgIpc) is 3.23. The molecule has 0 spiro atoms. The summed E-state index contributed by atoms with van der Waals surface area (Å²) in [6.45, 7) is 6.24. The van der Waals surface area contributed by atoms with Crippen molar-refractivity contribution in [1.82, 2.24) is 20.1 Å². The van der Waals surface area contributed by atoms with Crippen molar-refractivity contribution in [2.75, 3.05) is 6.54 Å². The van der Waals surface area contributed by atoms with Crippen molar-refractivity contribution in [3.05, 3.63) is 34.0 Å². The van der Waals surface area contributed by atoms with Gasteiger partial charge in [-0.2, -0.15) is 5.10 Å². The molecule has 2 aliphatic heterocycles. The van der Waals surface area contributed by atoms with Crippen LogP contribution in [0.2, 0.25) is 0 Å². The second-order valence-electron chi connectivity index (χ2n) is 7.10. The lowest BCUT2D eigenvalue weighted by atomic mass is 9.97. The third kappa shape index (κ3) is 2.26. The van der Waals surface area contributed by atoms with Gasteiger partial charge in [0.2, 0.25) is 0 Å². The zero-order valence-corrected chi connectivity index (χ0v) is 15.1. The maximum atomic E-state index is 12.7. The number of hydrogen-bond donors (Lipinski definition) is 2. The normalized spacial score (nSPS) is 22.8. The van der Waals surface area contributed by atoms with E-state index in [1.807, 2.05) is 6.20 Å². The van der Waals surface area contributed by atoms with E-state index >= 15 is 0 Å². The van der Waals surface area contributed by atoms with E-state index in [2.05, 4.69) is 33.9 Å². The molecular weight excluding hydrogens is 336 g/mol. The van der Waals surface area contributed by atoms with E-state index in [0.29, 0.717) is 6.04 Å². The molecule has 7 heteroatoms. The molecule has 0 radical (unpaired) electrons. The van der Waals surface area contributed by atoms with Crippen LogP contribution in [0, 0.1) is 0 Å². The van der Waals surface area contributed by atoms with Crippen LogP contribution in [0.1, 0.15) is 31.5 Å². The van der Waals surface area contributed by atoms with Crippen LogP contribution in [-0.4, -0.2) is 38.8 Å². The number of pyridine rings is 1. The van der Waals surface area contributed by atoms with Crippen LogP contribution < -0.4 is 10.3 Å². The summed E-state index contributed by atoms with van der Waals surface area (Å²) in [7, 11) is 0. The minimum atomic E-state index is -0.0129. The van der Waals surface area contributed by atoms with Crippen LogP contribution in [-0.2, 0) is 13.0 Å². The van der Waals surface area contributed by atoms with Crippen molar-refractivity contribution in [3.63, 3.8) is 0 Å². The molecule has 6 nitrogen and oxygen atoms in total. The van der Waals surface area contributed by atoms with Crippen LogP contribution >= 0.6 is 11.3 Å². The number of ether oxygens (including phenoxy) is 1. The molecule has 2 N–H and O–H groups in total. The van der Waals surface area contributed by atoms with Gasteiger partial charge in [0, 0.05) is 48.4 Å². The first kappa shape index (κ1) is 15.2. The molecule has 25 heavy (non-hydrogen) atoms. The molecule has 5 rings (SSSR count). The van der Waals surface area contributed by atoms with Gasteiger partial charge in [-0.1, -0.05) is 0 Å². The molecule has 3 aromatic heterocycles. The standard InChI is InChI=1S/C18H20N4O2S/c1-9-3-4-22(9)8-13-12-5-10(2)24-15-14(12)17(18(23)21-13)25-16(15)11-6-19-20-7-11/h6-7,9-10H,3-5,8H2,1-2H3,(H,19,20)(H,21,23)/t9-,10-/m1/s1. The molecule has 0 saturated carbocycles. The second kappa shape index (κ2) is 5.44. The number of nitrogens with zero attached hydrogens (tertiary/aromatic N) is 2. The maximum Gasteiger partial charge on any atom is 0.266 e. The Balaban J connectivity index is 1.73. The minimum Gasteiger partial charge on any atom is -0.488 e. The Labute approximate surface area is 148 Å². The number of likely N-dealkylation sites (tertiary alicyclic amines) is 1. The lowest BCUT2D eigenvalue weighted by Crippen LogP contribution is -2.45. The summed E-state index contributed by atoms with van der Waals surface area (Å²) in [4.78, 5) is 19.3. The second-order valence-corrected chi connectivity index (χ2v) is 8.12. The Hall–Kier alpha value is -2.12. The highest BCUT2D eigenvalue weighted by Crippen LogP contribution is 2.47. The van der Waals surface area contributed by atoms with Gasteiger partial charge in [-0.3, -0.25) is 14.8 Å². The minimum absolute atomic E-state index is 0.0129. The Morgan fingerprint density at radius 1 is 1.44 bits per heavy atom. The van der Waals surface area contributed by atoms with Crippen molar-refractivity contribution in [2.45, 2.75) is 45.4 Å². The summed E-state index contributed by atoms with van der Waals surface area (Å²) in [6, 6.07) is 0.590. The lowest BCUT2D eigenvalue weighted by molar-refractivity contribution is 0.0936. The molecule has 3 aromatic rings. The number of H-pyrrole nitrogens is 2. The average molecular weight is 356 g/mol. The highest BCUT2D eigenvalue weighted by Gasteiger charge is 2.31. The van der Waals surface area contributed by atoms with Gasteiger partial charge in [0.15, 0.2) is 0 Å². The number of aromatic amines is 2. The Morgan fingerprint density at radius 3 is 3.00 bits per heavy atom. The Morgan fingerprint density at radius 2 is 2.32 bits per heavy atom. The van der Waals surface area contributed by atoms with Crippen molar-refractivity contribution >= 4 is 21.4 Å². The van der Waals surface area contributed by atoms with Crippen molar-refractivity contribution in [2.24, 2.45) is 0 Å². The molecule has 0 aromatic carbocycles. The van der Waals surface area contributed by atoms with Gasteiger partial charge in [0.1, 0.15) is 16.6 Å². The summed E-state index contributed by atoms with van der Waals surface area (Å²) >= 11 is 1.49. The van der Waals surface area contributed by atoms with Gasteiger partial charge in [-0.05, 0) is 25.8 Å². The van der Waals surface area contributed by atoms with E-state index in [4.69, 9.17) is 4.74 Å². The molecule has 0 bridgehead atoms. The monoisotopic (exact) mass is 356 g/mol. The van der Waals surface area contributed by atoms with Crippen molar-refractivity contribution < 1.29 is 4.74 Å². The third-order valence-corrected chi connectivity index (χ3v) is 6.61. The van der Waals surface area contributed by atoms with E-state index in [1.54, 1.807) is 6.20 Å². The first-order chi connectivity index (χ1) is 12.1. The topological polar surface area (TPSA) is 74.0 Å². The highest BCUT2D eigenvalue weighted by molar-refractivity contribution is 7.22. The SMILES string of the molecule is C[C@@H]1Cc2c(CN3CC[C@H]3C)[nH]c(=O)c3sc(-c4cn[nH]c4)c(c23)O1. The highest BCUT2D eigenvalue weighted by atomic mass is 32.1. The van der Waals surface area contributed by atoms with Crippen LogP contribution in [0.25, 0.3) is 20.5 Å². The van der Waals surface area contributed by atoms with E-state index in [9.17, 15) is 4.79 Å². The molecule has 1 saturated heterocycles. The number of rotatable bonds is 3. The third-order valence-electron chi connectivity index (χ3n) is 5.39. The van der Waals surface area contributed by atoms with Crippen molar-refractivity contribution in [3.8, 4) is 16.2 Å². The predicted octanol–water partition coefficient (Wildman–Crippen LogP) is 2.90. The van der Waals surface area contributed by atoms with E-state index in [1.165, 1.54) is 23.3 Å². The summed E-state index contributed by atoms with van der Waals surface area (Å²) in [5.41, 5.74) is 3.25. The van der Waals surface area contributed by atoms with Crippen LogP contribution in [0.5, 0.6) is 5.75 Å². The number of hydrogen-bond acceptors (Lipinski definition) is 5. The summed E-state index contributed by atoms with van der Waals surface area (Å²) in [5, 5.41) is 7.90. The van der Waals surface area contributed by atoms with Gasteiger partial charge in [0.05, 0.1) is 11.1 Å². The Bertz CT molecular complexity index is 1000. The van der Waals surface area contributed by atoms with Crippen LogP contribution in [0.15, 0.2) is 17.2 Å². The first-order valence-electron chi connectivity index (χ1n) is 8.72. The van der Waals surface area contributed by atoms with Crippen LogP contribution in [0.3, 0.4) is 0 Å². The fraction of sp³-hybridized carbons (Fsp3) is 0.444. The van der Waals surface area contributed by atoms with Crippen LogP contribution in [0.4, 0.5) is 0 Å². The maximum absolute atomic E-state index is 12.7. The van der Waals surface area contributed by atoms with E-state index < -0.39 is 0 Å². The number of nitrogens with one attached hydrogen (secondary N) is 2. The molecule has 0 unspecified atom stereocenters. The van der Waals surface area contributed by atoms with E-state index in [-0.39, 0.29) is 11.7 Å². The molecule has 2 aliphatic rings. The smallest absolute Gasteiger partial charge is 0.266 e. The zero-order valence-electron chi connectivity index (χ0n) is 14.3. The van der Waals surface area contributed by atoms with Crippen molar-refractivity contribution in [1.29, 1.82) is 0 Å². The largest absolute Gasteiger partial charge is 0.488 e. The molecule has 2 atom stereocenters. The zero-order chi connectivity index (χ0) is 17.1. The summed E-state index contributed by atoms with van der Waals surface area (Å²) in [6.07, 6.45) is 5.78. The molecule has 0 aliphatic carbocycles.